The van der Waals surface area contributed by atoms with Gasteiger partial charge in [-0.3, -0.25) is 0 Å². The first-order valence-corrected chi connectivity index (χ1v) is 3.63. The van der Waals surface area contributed by atoms with Gasteiger partial charge >= 0.3 is 5.97 Å². The van der Waals surface area contributed by atoms with Crippen molar-refractivity contribution in [3.8, 4) is 18.3 Å². The maximum absolute atomic E-state index is 10.4. The SMILES string of the molecule is C#CCCOc1ccc(C(=O)O)o1. The fourth-order valence-electron chi connectivity index (χ4n) is 0.723. The molecule has 4 heteroatoms. The van der Waals surface area contributed by atoms with Crippen molar-refractivity contribution in [2.75, 3.05) is 6.61 Å². The molecule has 0 atom stereocenters. The quantitative estimate of drug-likeness (QED) is 0.561. The molecule has 0 aliphatic carbocycles. The van der Waals surface area contributed by atoms with Crippen LogP contribution < -0.4 is 4.74 Å². The van der Waals surface area contributed by atoms with E-state index in [1.807, 2.05) is 0 Å². The highest BCUT2D eigenvalue weighted by molar-refractivity contribution is 5.84. The molecule has 0 fully saturated rings. The maximum atomic E-state index is 10.4. The molecule has 13 heavy (non-hydrogen) atoms. The average Bonchev–Trinajstić information content (AvgIpc) is 2.53. The molecule has 0 bridgehead atoms. The lowest BCUT2D eigenvalue weighted by Gasteiger charge is -1.96. The van der Waals surface area contributed by atoms with Gasteiger partial charge in [0.15, 0.2) is 0 Å². The molecule has 0 radical (unpaired) electrons. The van der Waals surface area contributed by atoms with E-state index in [4.69, 9.17) is 20.7 Å². The molecule has 0 aromatic carbocycles. The second kappa shape index (κ2) is 4.21. The Bertz CT molecular complexity index is 332. The summed E-state index contributed by atoms with van der Waals surface area (Å²) < 4.78 is 9.81. The van der Waals surface area contributed by atoms with Crippen LogP contribution in [-0.2, 0) is 0 Å². The minimum Gasteiger partial charge on any atom is -0.475 e. The molecule has 0 amide bonds. The van der Waals surface area contributed by atoms with Crippen LogP contribution in [0.25, 0.3) is 0 Å². The number of furan rings is 1. The van der Waals surface area contributed by atoms with Crippen LogP contribution in [0, 0.1) is 12.3 Å². The van der Waals surface area contributed by atoms with E-state index < -0.39 is 5.97 Å². The molecule has 0 aliphatic heterocycles. The van der Waals surface area contributed by atoms with Crippen molar-refractivity contribution in [1.82, 2.24) is 0 Å². The van der Waals surface area contributed by atoms with E-state index >= 15 is 0 Å². The van der Waals surface area contributed by atoms with Gasteiger partial charge in [0.2, 0.25) is 5.76 Å². The number of aromatic carboxylic acids is 1. The van der Waals surface area contributed by atoms with Gasteiger partial charge in [0, 0.05) is 12.5 Å². The summed E-state index contributed by atoms with van der Waals surface area (Å²) in [5.74, 6) is 1.30. The molecule has 1 heterocycles. The Balaban J connectivity index is 2.50. The molecular weight excluding hydrogens is 172 g/mol. The number of carboxylic acids is 1. The van der Waals surface area contributed by atoms with Crippen molar-refractivity contribution < 1.29 is 19.1 Å². The van der Waals surface area contributed by atoms with E-state index in [-0.39, 0.29) is 11.7 Å². The number of ether oxygens (including phenoxy) is 1. The largest absolute Gasteiger partial charge is 0.475 e. The van der Waals surface area contributed by atoms with E-state index in [2.05, 4.69) is 5.92 Å². The molecule has 0 saturated carbocycles. The molecule has 1 aromatic rings. The zero-order valence-electron chi connectivity index (χ0n) is 6.82. The van der Waals surface area contributed by atoms with Crippen molar-refractivity contribution >= 4 is 5.97 Å². The van der Waals surface area contributed by atoms with Crippen molar-refractivity contribution in [2.24, 2.45) is 0 Å². The number of carboxylic acid groups (broad SMARTS) is 1. The molecule has 1 rings (SSSR count). The second-order valence-corrected chi connectivity index (χ2v) is 2.23. The van der Waals surface area contributed by atoms with Crippen LogP contribution in [0.4, 0.5) is 0 Å². The molecule has 1 N–H and O–H groups in total. The zero-order valence-corrected chi connectivity index (χ0v) is 6.82. The number of carbonyl (C=O) groups is 1. The molecule has 68 valence electrons. The average molecular weight is 180 g/mol. The highest BCUT2D eigenvalue weighted by Crippen LogP contribution is 2.15. The van der Waals surface area contributed by atoms with E-state index in [0.717, 1.165) is 0 Å². The Morgan fingerprint density at radius 3 is 3.00 bits per heavy atom. The molecule has 4 nitrogen and oxygen atoms in total. The summed E-state index contributed by atoms with van der Waals surface area (Å²) in [7, 11) is 0. The Morgan fingerprint density at radius 1 is 1.69 bits per heavy atom. The van der Waals surface area contributed by atoms with Crippen molar-refractivity contribution in [3.63, 3.8) is 0 Å². The predicted molar refractivity (Wildman–Crippen MR) is 44.6 cm³/mol. The monoisotopic (exact) mass is 180 g/mol. The van der Waals surface area contributed by atoms with Gasteiger partial charge in [0.05, 0.1) is 0 Å². The summed E-state index contributed by atoms with van der Waals surface area (Å²) in [5.41, 5.74) is 0. The summed E-state index contributed by atoms with van der Waals surface area (Å²) >= 11 is 0. The fourth-order valence-corrected chi connectivity index (χ4v) is 0.723. The van der Waals surface area contributed by atoms with Crippen molar-refractivity contribution in [2.45, 2.75) is 6.42 Å². The highest BCUT2D eigenvalue weighted by Gasteiger charge is 2.08. The lowest BCUT2D eigenvalue weighted by molar-refractivity contribution is 0.0653. The van der Waals surface area contributed by atoms with Crippen LogP contribution in [0.5, 0.6) is 5.95 Å². The Kier molecular flexibility index (Phi) is 2.98. The van der Waals surface area contributed by atoms with Crippen LogP contribution in [-0.4, -0.2) is 17.7 Å². The normalized spacial score (nSPS) is 9.15. The molecule has 0 unspecified atom stereocenters. The van der Waals surface area contributed by atoms with Crippen molar-refractivity contribution in [3.05, 3.63) is 17.9 Å². The summed E-state index contributed by atoms with van der Waals surface area (Å²) in [5, 5.41) is 8.49. The van der Waals surface area contributed by atoms with E-state index in [9.17, 15) is 4.79 Å². The fraction of sp³-hybridized carbons (Fsp3) is 0.222. The summed E-state index contributed by atoms with van der Waals surface area (Å²) in [6.07, 6.45) is 5.45. The van der Waals surface area contributed by atoms with Gasteiger partial charge in [-0.1, -0.05) is 0 Å². The van der Waals surface area contributed by atoms with E-state index in [0.29, 0.717) is 13.0 Å². The predicted octanol–water partition coefficient (Wildman–Crippen LogP) is 1.38. The number of terminal acetylenes is 1. The first kappa shape index (κ1) is 9.20. The van der Waals surface area contributed by atoms with Crippen LogP contribution in [0.3, 0.4) is 0 Å². The van der Waals surface area contributed by atoms with Crippen molar-refractivity contribution in [1.29, 1.82) is 0 Å². The Morgan fingerprint density at radius 2 is 2.46 bits per heavy atom. The lowest BCUT2D eigenvalue weighted by atomic mass is 10.5. The third kappa shape index (κ3) is 2.56. The molecule has 0 spiro atoms. The first-order chi connectivity index (χ1) is 6.24. The van der Waals surface area contributed by atoms with Crippen LogP contribution in [0.2, 0.25) is 0 Å². The van der Waals surface area contributed by atoms with Gasteiger partial charge in [0.1, 0.15) is 6.61 Å². The highest BCUT2D eigenvalue weighted by atomic mass is 16.6. The molecule has 1 aromatic heterocycles. The molecular formula is C9H8O4. The maximum Gasteiger partial charge on any atom is 0.371 e. The van der Waals surface area contributed by atoms with Crippen LogP contribution in [0.15, 0.2) is 16.5 Å². The zero-order chi connectivity index (χ0) is 9.68. The van der Waals surface area contributed by atoms with Gasteiger partial charge in [-0.25, -0.2) is 4.79 Å². The smallest absolute Gasteiger partial charge is 0.371 e. The summed E-state index contributed by atoms with van der Waals surface area (Å²) in [6.45, 7) is 0.322. The van der Waals surface area contributed by atoms with Gasteiger partial charge in [0.25, 0.3) is 5.95 Å². The first-order valence-electron chi connectivity index (χ1n) is 3.63. The van der Waals surface area contributed by atoms with Gasteiger partial charge in [-0.15, -0.1) is 12.3 Å². The summed E-state index contributed by atoms with van der Waals surface area (Å²) in [4.78, 5) is 10.4. The van der Waals surface area contributed by atoms with Crippen LogP contribution in [0.1, 0.15) is 17.0 Å². The minimum absolute atomic E-state index is 0.143. The molecule has 0 saturated heterocycles. The number of rotatable bonds is 4. The lowest BCUT2D eigenvalue weighted by Crippen LogP contribution is -1.95. The topological polar surface area (TPSA) is 59.7 Å². The standard InChI is InChI=1S/C9H8O4/c1-2-3-6-12-8-5-4-7(13-8)9(10)11/h1,4-5H,3,6H2,(H,10,11). The van der Waals surface area contributed by atoms with Gasteiger partial charge < -0.3 is 14.3 Å². The Hall–Kier alpha value is -1.89. The minimum atomic E-state index is -1.12. The number of hydrogen-bond acceptors (Lipinski definition) is 3. The molecule has 0 aliphatic rings. The van der Waals surface area contributed by atoms with Gasteiger partial charge in [-0.2, -0.15) is 0 Å². The third-order valence-corrected chi connectivity index (χ3v) is 1.28. The second-order valence-electron chi connectivity index (χ2n) is 2.23. The third-order valence-electron chi connectivity index (χ3n) is 1.28. The van der Waals surface area contributed by atoms with E-state index in [1.165, 1.54) is 12.1 Å². The van der Waals surface area contributed by atoms with E-state index in [1.54, 1.807) is 0 Å². The number of hydrogen-bond donors (Lipinski definition) is 1. The van der Waals surface area contributed by atoms with Crippen LogP contribution >= 0.6 is 0 Å². The van der Waals surface area contributed by atoms with Gasteiger partial charge in [-0.05, 0) is 6.07 Å². The summed E-state index contributed by atoms with van der Waals surface area (Å²) in [6, 6.07) is 2.77. The Labute approximate surface area is 75.1 Å².